The molecule has 3 aromatic carbocycles. The van der Waals surface area contributed by atoms with Crippen molar-refractivity contribution in [3.05, 3.63) is 95.6 Å². The molecule has 1 N–H and O–H groups in total. The van der Waals surface area contributed by atoms with Crippen LogP contribution in [0.5, 0.6) is 11.5 Å². The monoisotopic (exact) mass is 465 g/mol. The lowest BCUT2D eigenvalue weighted by atomic mass is 10.0. The van der Waals surface area contributed by atoms with Crippen LogP contribution in [0.1, 0.15) is 22.8 Å². The van der Waals surface area contributed by atoms with Crippen LogP contribution in [0.3, 0.4) is 0 Å². The van der Waals surface area contributed by atoms with Gasteiger partial charge in [-0.05, 0) is 41.0 Å². The van der Waals surface area contributed by atoms with E-state index < -0.39 is 6.10 Å². The van der Waals surface area contributed by atoms with Gasteiger partial charge in [0.1, 0.15) is 17.6 Å². The maximum absolute atomic E-state index is 10.9. The largest absolute Gasteiger partial charge is 0.497 e. The van der Waals surface area contributed by atoms with Crippen molar-refractivity contribution >= 4 is 0 Å². The van der Waals surface area contributed by atoms with Crippen LogP contribution in [0, 0.1) is 0 Å². The summed E-state index contributed by atoms with van der Waals surface area (Å²) in [5.41, 5.74) is 3.17. The Bertz CT molecular complexity index is 899. The Morgan fingerprint density at radius 3 is 1.82 bits per heavy atom. The molecule has 3 rings (SSSR count). The quantitative estimate of drug-likeness (QED) is 0.383. The Hall–Kier alpha value is -2.90. The Kier molecular flexibility index (Phi) is 10.4. The van der Waals surface area contributed by atoms with E-state index in [0.717, 1.165) is 35.7 Å². The van der Waals surface area contributed by atoms with Crippen molar-refractivity contribution in [1.82, 2.24) is 4.90 Å². The summed E-state index contributed by atoms with van der Waals surface area (Å²) in [4.78, 5) is 2.18. The summed E-state index contributed by atoms with van der Waals surface area (Å²) >= 11 is 0. The van der Waals surface area contributed by atoms with Crippen molar-refractivity contribution in [1.29, 1.82) is 0 Å². The number of nitrogens with zero attached hydrogens (tertiary/aromatic N) is 1. The minimum atomic E-state index is -0.653. The molecule has 0 fully saturated rings. The van der Waals surface area contributed by atoms with Crippen LogP contribution in [0.2, 0.25) is 0 Å². The zero-order valence-electron chi connectivity index (χ0n) is 20.2. The lowest BCUT2D eigenvalue weighted by Gasteiger charge is -2.26. The van der Waals surface area contributed by atoms with Crippen molar-refractivity contribution < 1.29 is 24.1 Å². The molecule has 0 heterocycles. The van der Waals surface area contributed by atoms with Crippen LogP contribution >= 0.6 is 0 Å². The van der Waals surface area contributed by atoms with Gasteiger partial charge in [-0.3, -0.25) is 4.90 Å². The van der Waals surface area contributed by atoms with E-state index in [-0.39, 0.29) is 12.7 Å². The molecule has 182 valence electrons. The second-order valence-corrected chi connectivity index (χ2v) is 8.13. The van der Waals surface area contributed by atoms with Crippen molar-refractivity contribution in [3.63, 3.8) is 0 Å². The first-order chi connectivity index (χ1) is 16.6. The van der Waals surface area contributed by atoms with Gasteiger partial charge in [-0.2, -0.15) is 0 Å². The summed E-state index contributed by atoms with van der Waals surface area (Å²) in [7, 11) is 4.98. The van der Waals surface area contributed by atoms with E-state index in [1.54, 1.807) is 21.3 Å². The lowest BCUT2D eigenvalue weighted by molar-refractivity contribution is -0.0121. The molecule has 0 spiro atoms. The van der Waals surface area contributed by atoms with Gasteiger partial charge in [0, 0.05) is 26.7 Å². The first-order valence-corrected chi connectivity index (χ1v) is 11.5. The molecular formula is C28H35NO5. The zero-order valence-corrected chi connectivity index (χ0v) is 20.2. The summed E-state index contributed by atoms with van der Waals surface area (Å²) < 4.78 is 22.1. The van der Waals surface area contributed by atoms with Gasteiger partial charge in [-0.25, -0.2) is 0 Å². The van der Waals surface area contributed by atoms with Crippen LogP contribution in [-0.2, 0) is 16.0 Å². The van der Waals surface area contributed by atoms with Crippen molar-refractivity contribution in [2.24, 2.45) is 0 Å². The van der Waals surface area contributed by atoms with E-state index >= 15 is 0 Å². The van der Waals surface area contributed by atoms with Gasteiger partial charge in [0.15, 0.2) is 0 Å². The first-order valence-electron chi connectivity index (χ1n) is 11.5. The maximum Gasteiger partial charge on any atom is 0.118 e. The van der Waals surface area contributed by atoms with E-state index in [1.807, 2.05) is 66.7 Å². The molecule has 0 aliphatic rings. The van der Waals surface area contributed by atoms with E-state index in [4.69, 9.17) is 18.9 Å². The van der Waals surface area contributed by atoms with Crippen LogP contribution in [0.4, 0.5) is 0 Å². The van der Waals surface area contributed by atoms with E-state index in [1.165, 1.54) is 5.56 Å². The Morgan fingerprint density at radius 2 is 1.32 bits per heavy atom. The highest BCUT2D eigenvalue weighted by Crippen LogP contribution is 2.29. The minimum absolute atomic E-state index is 0.195. The molecule has 0 bridgehead atoms. The van der Waals surface area contributed by atoms with E-state index in [0.29, 0.717) is 13.2 Å². The predicted molar refractivity (Wildman–Crippen MR) is 133 cm³/mol. The lowest BCUT2D eigenvalue weighted by Crippen LogP contribution is -2.36. The summed E-state index contributed by atoms with van der Waals surface area (Å²) in [6.07, 6.45) is -0.979. The highest BCUT2D eigenvalue weighted by Gasteiger charge is 2.19. The number of methoxy groups -OCH3 is 3. The molecule has 1 atom stereocenters. The summed E-state index contributed by atoms with van der Waals surface area (Å²) in [5.74, 6) is 1.57. The standard InChI is InChI=1S/C28H35NO5/c1-31-18-17-29(19-22-7-5-4-6-8-22)20-25(30)21-34-28(23-9-13-26(32-2)14-10-23)24-11-15-27(33-3)16-12-24/h4-16,25,28,30H,17-21H2,1-3H3/t25-/m0/s1. The van der Waals surface area contributed by atoms with Gasteiger partial charge in [0.2, 0.25) is 0 Å². The molecule has 0 saturated heterocycles. The number of benzene rings is 3. The number of aliphatic hydroxyl groups excluding tert-OH is 1. The summed E-state index contributed by atoms with van der Waals surface area (Å²) in [6, 6.07) is 25.8. The van der Waals surface area contributed by atoms with Gasteiger partial charge in [-0.1, -0.05) is 54.6 Å². The molecule has 6 nitrogen and oxygen atoms in total. The number of rotatable bonds is 14. The fourth-order valence-electron chi connectivity index (χ4n) is 3.80. The van der Waals surface area contributed by atoms with Gasteiger partial charge in [0.05, 0.1) is 33.5 Å². The molecule has 0 unspecified atom stereocenters. The third kappa shape index (κ3) is 7.85. The smallest absolute Gasteiger partial charge is 0.118 e. The van der Waals surface area contributed by atoms with Gasteiger partial charge in [0.25, 0.3) is 0 Å². The van der Waals surface area contributed by atoms with Crippen molar-refractivity contribution in [3.8, 4) is 11.5 Å². The van der Waals surface area contributed by atoms with Crippen LogP contribution in [-0.4, -0.2) is 63.7 Å². The van der Waals surface area contributed by atoms with Crippen molar-refractivity contribution in [2.75, 3.05) is 47.6 Å². The average molecular weight is 466 g/mol. The predicted octanol–water partition coefficient (Wildman–Crippen LogP) is 4.32. The van der Waals surface area contributed by atoms with E-state index in [9.17, 15) is 5.11 Å². The third-order valence-electron chi connectivity index (χ3n) is 5.62. The average Bonchev–Trinajstić information content (AvgIpc) is 2.88. The fraction of sp³-hybridized carbons (Fsp3) is 0.357. The third-order valence-corrected chi connectivity index (χ3v) is 5.62. The minimum Gasteiger partial charge on any atom is -0.497 e. The van der Waals surface area contributed by atoms with Crippen LogP contribution in [0.15, 0.2) is 78.9 Å². The van der Waals surface area contributed by atoms with Crippen molar-refractivity contribution in [2.45, 2.75) is 18.8 Å². The summed E-state index contributed by atoms with van der Waals surface area (Å²) in [5, 5.41) is 10.9. The van der Waals surface area contributed by atoms with Crippen LogP contribution in [0.25, 0.3) is 0 Å². The Morgan fingerprint density at radius 1 is 0.765 bits per heavy atom. The molecule has 0 aliphatic heterocycles. The topological polar surface area (TPSA) is 60.4 Å². The normalized spacial score (nSPS) is 12.2. The Balaban J connectivity index is 1.69. The molecular weight excluding hydrogens is 430 g/mol. The molecule has 3 aromatic rings. The SMILES string of the molecule is COCCN(Cc1ccccc1)C[C@H](O)COC(c1ccc(OC)cc1)c1ccc(OC)cc1. The number of aliphatic hydroxyl groups is 1. The first kappa shape index (κ1) is 25.7. The number of ether oxygens (including phenoxy) is 4. The molecule has 0 aromatic heterocycles. The molecule has 0 amide bonds. The van der Waals surface area contributed by atoms with E-state index in [2.05, 4.69) is 17.0 Å². The summed E-state index contributed by atoms with van der Waals surface area (Å²) in [6.45, 7) is 2.74. The second kappa shape index (κ2) is 13.7. The highest BCUT2D eigenvalue weighted by atomic mass is 16.5. The van der Waals surface area contributed by atoms with Gasteiger partial charge >= 0.3 is 0 Å². The molecule has 34 heavy (non-hydrogen) atoms. The van der Waals surface area contributed by atoms with Crippen LogP contribution < -0.4 is 9.47 Å². The van der Waals surface area contributed by atoms with Gasteiger partial charge < -0.3 is 24.1 Å². The Labute approximate surface area is 202 Å². The molecule has 0 radical (unpaired) electrons. The molecule has 0 aliphatic carbocycles. The maximum atomic E-state index is 10.9. The molecule has 0 saturated carbocycles. The number of hydrogen-bond donors (Lipinski definition) is 1. The molecule has 6 heteroatoms. The highest BCUT2D eigenvalue weighted by molar-refractivity contribution is 5.36. The fourth-order valence-corrected chi connectivity index (χ4v) is 3.80. The zero-order chi connectivity index (χ0) is 24.2. The van der Waals surface area contributed by atoms with Gasteiger partial charge in [-0.15, -0.1) is 0 Å². The number of hydrogen-bond acceptors (Lipinski definition) is 6. The second-order valence-electron chi connectivity index (χ2n) is 8.13.